The van der Waals surface area contributed by atoms with Crippen molar-refractivity contribution in [2.45, 2.75) is 44.7 Å². The first-order chi connectivity index (χ1) is 11.6. The van der Waals surface area contributed by atoms with Crippen molar-refractivity contribution in [1.82, 2.24) is 5.32 Å². The summed E-state index contributed by atoms with van der Waals surface area (Å²) in [6, 6.07) is 1.74. The predicted octanol–water partition coefficient (Wildman–Crippen LogP) is 2.46. The van der Waals surface area contributed by atoms with E-state index < -0.39 is 18.5 Å². The molecule has 1 aromatic heterocycles. The lowest BCUT2D eigenvalue weighted by Gasteiger charge is -2.30. The molecule has 2 aliphatic rings. The number of thiophene rings is 1. The zero-order chi connectivity index (χ0) is 16.9. The second-order valence-electron chi connectivity index (χ2n) is 5.88. The lowest BCUT2D eigenvalue weighted by molar-refractivity contribution is -0.145. The van der Waals surface area contributed by atoms with Gasteiger partial charge in [0.25, 0.3) is 0 Å². The fourth-order valence-corrected chi connectivity index (χ4v) is 3.72. The van der Waals surface area contributed by atoms with Crippen molar-refractivity contribution in [2.75, 3.05) is 4.90 Å². The van der Waals surface area contributed by atoms with E-state index in [4.69, 9.17) is 9.47 Å². The van der Waals surface area contributed by atoms with Crippen LogP contribution in [0.1, 0.15) is 32.1 Å². The van der Waals surface area contributed by atoms with Gasteiger partial charge in [0.15, 0.2) is 6.17 Å². The topological polar surface area (TPSA) is 88.1 Å². The van der Waals surface area contributed by atoms with Gasteiger partial charge >= 0.3 is 12.4 Å². The van der Waals surface area contributed by atoms with E-state index in [0.717, 1.165) is 25.7 Å². The molecule has 0 saturated heterocycles. The maximum absolute atomic E-state index is 12.8. The van der Waals surface area contributed by atoms with E-state index in [-0.39, 0.29) is 5.91 Å². The maximum Gasteiger partial charge on any atom is 0.342 e. The van der Waals surface area contributed by atoms with E-state index in [9.17, 15) is 14.7 Å². The summed E-state index contributed by atoms with van der Waals surface area (Å²) in [7, 11) is 0. The molecular weight excluding hydrogens is 332 g/mol. The minimum atomic E-state index is -1.27. The van der Waals surface area contributed by atoms with Crippen LogP contribution in [0.15, 0.2) is 29.4 Å². The van der Waals surface area contributed by atoms with Crippen molar-refractivity contribution >= 4 is 28.9 Å². The Kier molecular flexibility index (Phi) is 5.37. The summed E-state index contributed by atoms with van der Waals surface area (Å²) in [5.74, 6) is -1.04. The molecule has 1 saturated carbocycles. The summed E-state index contributed by atoms with van der Waals surface area (Å²) < 4.78 is 10.2. The lowest BCUT2D eigenvalue weighted by atomic mass is 10.0. The molecule has 1 unspecified atom stereocenters. The van der Waals surface area contributed by atoms with E-state index in [1.807, 2.05) is 5.38 Å². The molecule has 1 atom stereocenters. The third kappa shape index (κ3) is 3.88. The molecule has 1 aromatic rings. The SMILES string of the molecule is O=C(O)C(NC1OC=CO1)N(C(=O)CC1CCCC1)c1ccsc1. The summed E-state index contributed by atoms with van der Waals surface area (Å²) in [6.45, 7) is 0. The molecule has 2 N–H and O–H groups in total. The summed E-state index contributed by atoms with van der Waals surface area (Å²) in [5, 5.41) is 15.9. The Morgan fingerprint density at radius 3 is 2.62 bits per heavy atom. The number of carbonyl (C=O) groups excluding carboxylic acids is 1. The fraction of sp³-hybridized carbons (Fsp3) is 0.500. The largest absolute Gasteiger partial charge is 0.479 e. The fourth-order valence-electron chi connectivity index (χ4n) is 3.09. The Labute approximate surface area is 143 Å². The molecule has 1 aliphatic heterocycles. The first-order valence-electron chi connectivity index (χ1n) is 7.94. The molecule has 1 fully saturated rings. The average molecular weight is 352 g/mol. The first-order valence-corrected chi connectivity index (χ1v) is 8.88. The highest BCUT2D eigenvalue weighted by atomic mass is 32.1. The maximum atomic E-state index is 12.8. The Hall–Kier alpha value is -2.06. The number of hydrogen-bond donors (Lipinski definition) is 2. The molecule has 1 aliphatic carbocycles. The van der Waals surface area contributed by atoms with Crippen LogP contribution in [0.25, 0.3) is 0 Å². The van der Waals surface area contributed by atoms with Gasteiger partial charge in [0.05, 0.1) is 5.69 Å². The molecule has 2 heterocycles. The number of amides is 1. The number of rotatable bonds is 7. The minimum absolute atomic E-state index is 0.203. The third-order valence-corrected chi connectivity index (χ3v) is 4.91. The van der Waals surface area contributed by atoms with Crippen LogP contribution in [0, 0.1) is 5.92 Å². The number of nitrogens with one attached hydrogen (secondary N) is 1. The van der Waals surface area contributed by atoms with Gasteiger partial charge in [-0.25, -0.2) is 10.1 Å². The van der Waals surface area contributed by atoms with Gasteiger partial charge in [0.2, 0.25) is 5.91 Å². The molecule has 1 amide bonds. The molecule has 8 heteroatoms. The zero-order valence-corrected chi connectivity index (χ0v) is 13.9. The molecule has 0 aromatic carbocycles. The van der Waals surface area contributed by atoms with Gasteiger partial charge in [-0.1, -0.05) is 12.8 Å². The van der Waals surface area contributed by atoms with Gasteiger partial charge in [0, 0.05) is 11.8 Å². The van der Waals surface area contributed by atoms with Crippen molar-refractivity contribution in [3.63, 3.8) is 0 Å². The number of carbonyl (C=O) groups is 2. The molecule has 7 nitrogen and oxygen atoms in total. The van der Waals surface area contributed by atoms with Crippen LogP contribution < -0.4 is 10.2 Å². The average Bonchev–Trinajstić information content (AvgIpc) is 3.30. The number of nitrogens with zero attached hydrogens (tertiary/aromatic N) is 1. The van der Waals surface area contributed by atoms with Gasteiger partial charge in [-0.2, -0.15) is 11.3 Å². The van der Waals surface area contributed by atoms with Crippen molar-refractivity contribution in [3.05, 3.63) is 29.4 Å². The monoisotopic (exact) mass is 352 g/mol. The summed E-state index contributed by atoms with van der Waals surface area (Å²) >= 11 is 1.41. The van der Waals surface area contributed by atoms with Crippen molar-refractivity contribution in [2.24, 2.45) is 5.92 Å². The predicted molar refractivity (Wildman–Crippen MR) is 88.0 cm³/mol. The molecular formula is C16H20N2O5S. The van der Waals surface area contributed by atoms with Gasteiger partial charge in [-0.05, 0) is 30.2 Å². The molecule has 24 heavy (non-hydrogen) atoms. The second-order valence-corrected chi connectivity index (χ2v) is 6.66. The Morgan fingerprint density at radius 1 is 1.33 bits per heavy atom. The van der Waals surface area contributed by atoms with Crippen LogP contribution in [0.3, 0.4) is 0 Å². The molecule has 130 valence electrons. The van der Waals surface area contributed by atoms with E-state index in [0.29, 0.717) is 18.0 Å². The highest BCUT2D eigenvalue weighted by Gasteiger charge is 2.35. The quantitative estimate of drug-likeness (QED) is 0.733. The lowest BCUT2D eigenvalue weighted by Crippen LogP contribution is -2.57. The van der Waals surface area contributed by atoms with Crippen LogP contribution >= 0.6 is 11.3 Å². The Bertz CT molecular complexity index is 590. The number of ether oxygens (including phenoxy) is 2. The molecule has 3 rings (SSSR count). The van der Waals surface area contributed by atoms with Gasteiger partial charge in [-0.3, -0.25) is 9.69 Å². The van der Waals surface area contributed by atoms with Crippen LogP contribution in [0.4, 0.5) is 5.69 Å². The van der Waals surface area contributed by atoms with Crippen LogP contribution in [-0.2, 0) is 19.1 Å². The highest BCUT2D eigenvalue weighted by Crippen LogP contribution is 2.30. The first kappa shape index (κ1) is 16.8. The van der Waals surface area contributed by atoms with Gasteiger partial charge < -0.3 is 14.6 Å². The van der Waals surface area contributed by atoms with Gasteiger partial charge in [-0.15, -0.1) is 0 Å². The van der Waals surface area contributed by atoms with E-state index in [1.54, 1.807) is 11.4 Å². The minimum Gasteiger partial charge on any atom is -0.479 e. The van der Waals surface area contributed by atoms with Crippen LogP contribution in [-0.4, -0.2) is 29.6 Å². The third-order valence-electron chi connectivity index (χ3n) is 4.24. The number of anilines is 1. The number of carboxylic acid groups (broad SMARTS) is 1. The van der Waals surface area contributed by atoms with Crippen molar-refractivity contribution in [3.8, 4) is 0 Å². The molecule has 0 spiro atoms. The molecule has 0 bridgehead atoms. The summed E-state index contributed by atoms with van der Waals surface area (Å²) in [6.07, 6.45) is 5.12. The number of aliphatic carboxylic acids is 1. The van der Waals surface area contributed by atoms with Gasteiger partial charge in [0.1, 0.15) is 12.5 Å². The van der Waals surface area contributed by atoms with Crippen molar-refractivity contribution in [1.29, 1.82) is 0 Å². The van der Waals surface area contributed by atoms with E-state index >= 15 is 0 Å². The number of carboxylic acids is 1. The smallest absolute Gasteiger partial charge is 0.342 e. The summed E-state index contributed by atoms with van der Waals surface area (Å²) in [5.41, 5.74) is 0.564. The normalized spacial score (nSPS) is 19.0. The highest BCUT2D eigenvalue weighted by molar-refractivity contribution is 7.08. The van der Waals surface area contributed by atoms with Crippen LogP contribution in [0.5, 0.6) is 0 Å². The van der Waals surface area contributed by atoms with E-state index in [2.05, 4.69) is 5.32 Å². The Morgan fingerprint density at radius 2 is 2.04 bits per heavy atom. The summed E-state index contributed by atoms with van der Waals surface area (Å²) in [4.78, 5) is 25.9. The standard InChI is InChI=1S/C16H20N2O5S/c19-13(9-11-3-1-2-4-11)18(12-5-8-24-10-12)14(15(20)21)17-16-22-6-7-23-16/h5-8,10-11,14,16-17H,1-4,9H2,(H,20,21). The second kappa shape index (κ2) is 7.67. The molecule has 0 radical (unpaired) electrons. The van der Waals surface area contributed by atoms with Crippen molar-refractivity contribution < 1.29 is 24.2 Å². The zero-order valence-electron chi connectivity index (χ0n) is 13.1. The van der Waals surface area contributed by atoms with Crippen LogP contribution in [0.2, 0.25) is 0 Å². The van der Waals surface area contributed by atoms with E-state index in [1.165, 1.54) is 28.8 Å². The Balaban J connectivity index is 1.78. The number of hydrogen-bond acceptors (Lipinski definition) is 6.